The fourth-order valence-electron chi connectivity index (χ4n) is 2.43. The minimum atomic E-state index is -0.605. The Hall–Kier alpha value is -0.200. The molecule has 17 heavy (non-hydrogen) atoms. The number of fused-ring (bicyclic) bond motifs is 1. The van der Waals surface area contributed by atoms with Crippen molar-refractivity contribution in [2.24, 2.45) is 0 Å². The van der Waals surface area contributed by atoms with Crippen LogP contribution >= 0.6 is 0 Å². The number of ether oxygens (including phenoxy) is 3. The Bertz CT molecular complexity index is 235. The van der Waals surface area contributed by atoms with Gasteiger partial charge in [-0.15, -0.1) is 0 Å². The Morgan fingerprint density at radius 1 is 1.18 bits per heavy atom. The van der Waals surface area contributed by atoms with Crippen LogP contribution in [0.5, 0.6) is 0 Å². The van der Waals surface area contributed by atoms with Gasteiger partial charge in [0, 0.05) is 0 Å². The lowest BCUT2D eigenvalue weighted by molar-refractivity contribution is -0.285. The summed E-state index contributed by atoms with van der Waals surface area (Å²) < 4.78 is 16.7. The van der Waals surface area contributed by atoms with E-state index in [0.29, 0.717) is 0 Å². The largest absolute Gasteiger partial charge is 0.394 e. The summed E-state index contributed by atoms with van der Waals surface area (Å²) in [7, 11) is 0. The second kappa shape index (κ2) is 6.11. The van der Waals surface area contributed by atoms with Crippen molar-refractivity contribution in [3.8, 4) is 0 Å². The number of aliphatic hydroxyl groups excluding tert-OH is 2. The molecule has 2 aliphatic heterocycles. The Balaban J connectivity index is 1.89. The van der Waals surface area contributed by atoms with Crippen molar-refractivity contribution >= 4 is 0 Å². The van der Waals surface area contributed by atoms with Crippen LogP contribution < -0.4 is 0 Å². The number of aliphatic hydroxyl groups is 2. The van der Waals surface area contributed by atoms with E-state index in [-0.39, 0.29) is 37.8 Å². The van der Waals surface area contributed by atoms with E-state index in [9.17, 15) is 10.2 Å². The highest BCUT2D eigenvalue weighted by Gasteiger charge is 2.47. The molecule has 0 bridgehead atoms. The van der Waals surface area contributed by atoms with Gasteiger partial charge >= 0.3 is 0 Å². The first-order chi connectivity index (χ1) is 8.26. The molecule has 1 unspecified atom stereocenters. The van der Waals surface area contributed by atoms with Gasteiger partial charge in [-0.3, -0.25) is 0 Å². The predicted octanol–water partition coefficient (Wildman–Crippen LogP) is 0.429. The molecule has 2 saturated heterocycles. The molecule has 2 N–H and O–H groups in total. The first-order valence-corrected chi connectivity index (χ1v) is 6.47. The minimum absolute atomic E-state index is 0.0957. The standard InChI is InChI=1S/C12H22O5/c1-2-3-4-5-10-16-9(6-13)12-11(17-10)8(14)7-15-12/h8-14H,2-7H2,1H3/t8-,9+,10?,11+,12+/m0/s1. The third kappa shape index (κ3) is 2.98. The average Bonchev–Trinajstić information content (AvgIpc) is 2.71. The Morgan fingerprint density at radius 2 is 2.00 bits per heavy atom. The summed E-state index contributed by atoms with van der Waals surface area (Å²) in [5.74, 6) is 0. The second-order valence-electron chi connectivity index (χ2n) is 4.75. The number of hydrogen-bond donors (Lipinski definition) is 2. The zero-order chi connectivity index (χ0) is 12.3. The summed E-state index contributed by atoms with van der Waals surface area (Å²) in [6, 6.07) is 0. The smallest absolute Gasteiger partial charge is 0.158 e. The molecule has 0 spiro atoms. The van der Waals surface area contributed by atoms with Crippen LogP contribution in [0.15, 0.2) is 0 Å². The number of hydrogen-bond acceptors (Lipinski definition) is 5. The molecule has 5 heteroatoms. The normalized spacial score (nSPS) is 41.5. The third-order valence-corrected chi connectivity index (χ3v) is 3.39. The van der Waals surface area contributed by atoms with Crippen molar-refractivity contribution in [1.82, 2.24) is 0 Å². The Morgan fingerprint density at radius 3 is 2.71 bits per heavy atom. The van der Waals surface area contributed by atoms with Gasteiger partial charge in [0.1, 0.15) is 24.4 Å². The molecule has 0 aromatic heterocycles. The van der Waals surface area contributed by atoms with Crippen LogP contribution in [-0.2, 0) is 14.2 Å². The summed E-state index contributed by atoms with van der Waals surface area (Å²) in [4.78, 5) is 0. The second-order valence-corrected chi connectivity index (χ2v) is 4.75. The van der Waals surface area contributed by atoms with E-state index in [1.165, 1.54) is 0 Å². The van der Waals surface area contributed by atoms with Gasteiger partial charge in [0.15, 0.2) is 6.29 Å². The van der Waals surface area contributed by atoms with Crippen LogP contribution in [0.2, 0.25) is 0 Å². The molecule has 0 aliphatic carbocycles. The molecule has 0 aromatic carbocycles. The van der Waals surface area contributed by atoms with Gasteiger partial charge in [-0.05, 0) is 12.8 Å². The summed E-state index contributed by atoms with van der Waals surface area (Å²) in [6.07, 6.45) is 2.13. The molecule has 2 heterocycles. The van der Waals surface area contributed by atoms with Crippen LogP contribution in [0.1, 0.15) is 32.6 Å². The minimum Gasteiger partial charge on any atom is -0.394 e. The molecule has 5 nitrogen and oxygen atoms in total. The number of unbranched alkanes of at least 4 members (excludes halogenated alkanes) is 2. The maximum atomic E-state index is 9.74. The molecule has 0 amide bonds. The van der Waals surface area contributed by atoms with E-state index >= 15 is 0 Å². The summed E-state index contributed by atoms with van der Waals surface area (Å²) >= 11 is 0. The lowest BCUT2D eigenvalue weighted by Gasteiger charge is -2.37. The Labute approximate surface area is 102 Å². The summed E-state index contributed by atoms with van der Waals surface area (Å²) in [5.41, 5.74) is 0. The Kier molecular flexibility index (Phi) is 4.76. The fourth-order valence-corrected chi connectivity index (χ4v) is 2.43. The first kappa shape index (κ1) is 13.2. The highest BCUT2D eigenvalue weighted by molar-refractivity contribution is 4.92. The van der Waals surface area contributed by atoms with E-state index in [1.54, 1.807) is 0 Å². The molecule has 100 valence electrons. The first-order valence-electron chi connectivity index (χ1n) is 6.47. The van der Waals surface area contributed by atoms with Crippen molar-refractivity contribution < 1.29 is 24.4 Å². The topological polar surface area (TPSA) is 68.2 Å². The maximum Gasteiger partial charge on any atom is 0.158 e. The van der Waals surface area contributed by atoms with Gasteiger partial charge in [0.05, 0.1) is 13.2 Å². The molecular weight excluding hydrogens is 224 g/mol. The zero-order valence-electron chi connectivity index (χ0n) is 10.2. The van der Waals surface area contributed by atoms with Gasteiger partial charge in [0.2, 0.25) is 0 Å². The summed E-state index contributed by atoms with van der Waals surface area (Å²) in [5, 5.41) is 19.0. The van der Waals surface area contributed by atoms with E-state index in [1.807, 2.05) is 0 Å². The van der Waals surface area contributed by atoms with Crippen LogP contribution in [0.25, 0.3) is 0 Å². The predicted molar refractivity (Wildman–Crippen MR) is 60.5 cm³/mol. The van der Waals surface area contributed by atoms with Crippen LogP contribution in [-0.4, -0.2) is 54.1 Å². The molecule has 5 atom stereocenters. The van der Waals surface area contributed by atoms with Crippen LogP contribution in [0.3, 0.4) is 0 Å². The van der Waals surface area contributed by atoms with Crippen molar-refractivity contribution in [3.63, 3.8) is 0 Å². The van der Waals surface area contributed by atoms with Gasteiger partial charge < -0.3 is 24.4 Å². The SMILES string of the molecule is CCCCCC1O[C@H]2[C@H](OC[C@@H]2O)[C@@H](CO)O1. The molecular formula is C12H22O5. The van der Waals surface area contributed by atoms with E-state index < -0.39 is 6.10 Å². The molecule has 0 aromatic rings. The van der Waals surface area contributed by atoms with Gasteiger partial charge in [-0.2, -0.15) is 0 Å². The molecule has 2 aliphatic rings. The number of rotatable bonds is 5. The van der Waals surface area contributed by atoms with Crippen molar-refractivity contribution in [2.75, 3.05) is 13.2 Å². The van der Waals surface area contributed by atoms with E-state index in [0.717, 1.165) is 25.7 Å². The quantitative estimate of drug-likeness (QED) is 0.688. The fraction of sp³-hybridized carbons (Fsp3) is 1.00. The van der Waals surface area contributed by atoms with Crippen molar-refractivity contribution in [1.29, 1.82) is 0 Å². The van der Waals surface area contributed by atoms with Crippen molar-refractivity contribution in [2.45, 2.75) is 63.3 Å². The monoisotopic (exact) mass is 246 g/mol. The van der Waals surface area contributed by atoms with Crippen molar-refractivity contribution in [3.05, 3.63) is 0 Å². The molecule has 2 fully saturated rings. The highest BCUT2D eigenvalue weighted by atomic mass is 16.7. The molecule has 2 rings (SSSR count). The van der Waals surface area contributed by atoms with E-state index in [2.05, 4.69) is 6.92 Å². The lowest BCUT2D eigenvalue weighted by Crippen LogP contribution is -2.52. The lowest BCUT2D eigenvalue weighted by atomic mass is 10.0. The van der Waals surface area contributed by atoms with Gasteiger partial charge in [-0.25, -0.2) is 0 Å². The highest BCUT2D eigenvalue weighted by Crippen LogP contribution is 2.30. The zero-order valence-corrected chi connectivity index (χ0v) is 10.2. The van der Waals surface area contributed by atoms with Gasteiger partial charge in [0.25, 0.3) is 0 Å². The van der Waals surface area contributed by atoms with Gasteiger partial charge in [-0.1, -0.05) is 19.8 Å². The molecule has 0 radical (unpaired) electrons. The summed E-state index contributed by atoms with van der Waals surface area (Å²) in [6.45, 7) is 2.31. The third-order valence-electron chi connectivity index (χ3n) is 3.39. The molecule has 0 saturated carbocycles. The maximum absolute atomic E-state index is 9.74. The van der Waals surface area contributed by atoms with Crippen LogP contribution in [0.4, 0.5) is 0 Å². The van der Waals surface area contributed by atoms with E-state index in [4.69, 9.17) is 14.2 Å². The van der Waals surface area contributed by atoms with Crippen LogP contribution in [0, 0.1) is 0 Å². The average molecular weight is 246 g/mol.